The quantitative estimate of drug-likeness (QED) is 0.811. The van der Waals surface area contributed by atoms with Gasteiger partial charge < -0.3 is 4.90 Å². The van der Waals surface area contributed by atoms with Gasteiger partial charge in [-0.1, -0.05) is 13.8 Å². The van der Waals surface area contributed by atoms with Crippen LogP contribution in [0, 0.1) is 16.7 Å². The molecule has 1 N–H and O–H groups in total. The predicted octanol–water partition coefficient (Wildman–Crippen LogP) is 2.14. The molecule has 3 nitrogen and oxygen atoms in total. The Bertz CT molecular complexity index is 288. The zero-order chi connectivity index (χ0) is 12.3. The minimum Gasteiger partial charge on any atom is -0.301 e. The molecule has 0 bridgehead atoms. The highest BCUT2D eigenvalue weighted by Gasteiger charge is 2.27. The first-order valence-electron chi connectivity index (χ1n) is 6.97. The molecular weight excluding hydrogens is 210 g/mol. The van der Waals surface area contributed by atoms with E-state index in [2.05, 4.69) is 30.1 Å². The maximum Gasteiger partial charge on any atom is 0.108 e. The summed E-state index contributed by atoms with van der Waals surface area (Å²) in [5.41, 5.74) is 0.487. The van der Waals surface area contributed by atoms with Crippen molar-refractivity contribution in [1.29, 1.82) is 5.26 Å². The molecule has 3 heteroatoms. The molecule has 2 fully saturated rings. The first kappa shape index (κ1) is 12.9. The average molecular weight is 235 g/mol. The van der Waals surface area contributed by atoms with Crippen LogP contribution in [0.2, 0.25) is 0 Å². The Morgan fingerprint density at radius 3 is 2.76 bits per heavy atom. The number of hydrogen-bond donors (Lipinski definition) is 1. The van der Waals surface area contributed by atoms with Crippen molar-refractivity contribution in [3.8, 4) is 6.07 Å². The van der Waals surface area contributed by atoms with Gasteiger partial charge in [0.05, 0.1) is 6.07 Å². The van der Waals surface area contributed by atoms with Crippen LogP contribution in [0.25, 0.3) is 0 Å². The second-order valence-corrected chi connectivity index (χ2v) is 6.44. The van der Waals surface area contributed by atoms with Crippen molar-refractivity contribution in [1.82, 2.24) is 10.2 Å². The van der Waals surface area contributed by atoms with Gasteiger partial charge in [-0.25, -0.2) is 0 Å². The van der Waals surface area contributed by atoms with Crippen molar-refractivity contribution in [2.45, 2.75) is 58.0 Å². The number of likely N-dealkylation sites (tertiary alicyclic amines) is 1. The third-order valence-electron chi connectivity index (χ3n) is 4.04. The highest BCUT2D eigenvalue weighted by molar-refractivity contribution is 4.97. The molecule has 1 heterocycles. The van der Waals surface area contributed by atoms with Crippen LogP contribution in [0.15, 0.2) is 0 Å². The Hall–Kier alpha value is -0.590. The Kier molecular flexibility index (Phi) is 4.06. The molecule has 1 aliphatic carbocycles. The molecule has 96 valence electrons. The lowest BCUT2D eigenvalue weighted by atomic mass is 9.85. The monoisotopic (exact) mass is 235 g/mol. The summed E-state index contributed by atoms with van der Waals surface area (Å²) in [5.74, 6) is 0. The van der Waals surface area contributed by atoms with E-state index in [4.69, 9.17) is 5.26 Å². The van der Waals surface area contributed by atoms with Gasteiger partial charge in [0.2, 0.25) is 0 Å². The number of rotatable bonds is 4. The zero-order valence-corrected chi connectivity index (χ0v) is 11.2. The molecule has 0 aromatic rings. The molecular formula is C14H25N3. The Morgan fingerprint density at radius 2 is 2.12 bits per heavy atom. The molecule has 0 radical (unpaired) electrons. The van der Waals surface area contributed by atoms with Crippen LogP contribution in [0.5, 0.6) is 0 Å². The van der Waals surface area contributed by atoms with Crippen LogP contribution in [0.1, 0.15) is 46.0 Å². The van der Waals surface area contributed by atoms with Crippen LogP contribution >= 0.6 is 0 Å². The van der Waals surface area contributed by atoms with Crippen molar-refractivity contribution in [2.75, 3.05) is 19.6 Å². The third kappa shape index (κ3) is 4.29. The summed E-state index contributed by atoms with van der Waals surface area (Å²) in [6.07, 6.45) is 6.36. The Morgan fingerprint density at radius 1 is 1.35 bits per heavy atom. The molecule has 2 rings (SSSR count). The van der Waals surface area contributed by atoms with Gasteiger partial charge in [-0.15, -0.1) is 0 Å². The lowest BCUT2D eigenvalue weighted by Crippen LogP contribution is -2.41. The van der Waals surface area contributed by atoms with Crippen LogP contribution in [-0.2, 0) is 0 Å². The van der Waals surface area contributed by atoms with Crippen molar-refractivity contribution < 1.29 is 0 Å². The number of nitriles is 1. The van der Waals surface area contributed by atoms with Crippen molar-refractivity contribution in [3.63, 3.8) is 0 Å². The molecule has 0 amide bonds. The summed E-state index contributed by atoms with van der Waals surface area (Å²) < 4.78 is 0. The minimum atomic E-state index is 0.0312. The highest BCUT2D eigenvalue weighted by Crippen LogP contribution is 2.29. The van der Waals surface area contributed by atoms with Crippen molar-refractivity contribution in [2.24, 2.45) is 5.41 Å². The summed E-state index contributed by atoms with van der Waals surface area (Å²) in [6, 6.07) is 3.07. The first-order valence-corrected chi connectivity index (χ1v) is 6.97. The van der Waals surface area contributed by atoms with E-state index in [0.717, 1.165) is 19.6 Å². The largest absolute Gasteiger partial charge is 0.301 e. The fourth-order valence-corrected chi connectivity index (χ4v) is 2.58. The standard InChI is InChI=1S/C14H25N3/c1-14(2)6-3-8-17(9-7-14)11-13(10-15)16-12-4-5-12/h12-13,16H,3-9,11H2,1-2H3. The van der Waals surface area contributed by atoms with Gasteiger partial charge in [0, 0.05) is 12.6 Å². The fraction of sp³-hybridized carbons (Fsp3) is 0.929. The van der Waals surface area contributed by atoms with Crippen LogP contribution in [-0.4, -0.2) is 36.6 Å². The van der Waals surface area contributed by atoms with Gasteiger partial charge in [-0.05, 0) is 50.6 Å². The van der Waals surface area contributed by atoms with E-state index < -0.39 is 0 Å². The maximum absolute atomic E-state index is 9.17. The number of nitrogens with one attached hydrogen (secondary N) is 1. The van der Waals surface area contributed by atoms with Gasteiger partial charge >= 0.3 is 0 Å². The number of hydrogen-bond acceptors (Lipinski definition) is 3. The summed E-state index contributed by atoms with van der Waals surface area (Å²) in [7, 11) is 0. The summed E-state index contributed by atoms with van der Waals surface area (Å²) in [5, 5.41) is 12.6. The van der Waals surface area contributed by atoms with Crippen LogP contribution in [0.4, 0.5) is 0 Å². The minimum absolute atomic E-state index is 0.0312. The SMILES string of the molecule is CC1(C)CCCN(CC(C#N)NC2CC2)CC1. The smallest absolute Gasteiger partial charge is 0.108 e. The predicted molar refractivity (Wildman–Crippen MR) is 69.6 cm³/mol. The fourth-order valence-electron chi connectivity index (χ4n) is 2.58. The molecule has 1 unspecified atom stereocenters. The van der Waals surface area contributed by atoms with Crippen molar-refractivity contribution in [3.05, 3.63) is 0 Å². The van der Waals surface area contributed by atoms with E-state index >= 15 is 0 Å². The average Bonchev–Trinajstić information content (AvgIpc) is 3.08. The second-order valence-electron chi connectivity index (χ2n) is 6.44. The van der Waals surface area contributed by atoms with E-state index in [9.17, 15) is 0 Å². The van der Waals surface area contributed by atoms with Crippen LogP contribution < -0.4 is 5.32 Å². The van der Waals surface area contributed by atoms with E-state index in [0.29, 0.717) is 11.5 Å². The topological polar surface area (TPSA) is 39.1 Å². The van der Waals surface area contributed by atoms with Gasteiger partial charge in [-0.2, -0.15) is 5.26 Å². The number of nitrogens with zero attached hydrogens (tertiary/aromatic N) is 2. The molecule has 0 aromatic carbocycles. The van der Waals surface area contributed by atoms with Crippen LogP contribution in [0.3, 0.4) is 0 Å². The second kappa shape index (κ2) is 5.37. The van der Waals surface area contributed by atoms with Gasteiger partial charge in [0.25, 0.3) is 0 Å². The van der Waals surface area contributed by atoms with E-state index in [-0.39, 0.29) is 6.04 Å². The molecule has 1 saturated heterocycles. The molecule has 0 aromatic heterocycles. The lowest BCUT2D eigenvalue weighted by molar-refractivity contribution is 0.249. The molecule has 1 saturated carbocycles. The zero-order valence-electron chi connectivity index (χ0n) is 11.2. The summed E-state index contributed by atoms with van der Waals surface area (Å²) in [4.78, 5) is 2.47. The molecule has 1 aliphatic heterocycles. The third-order valence-corrected chi connectivity index (χ3v) is 4.04. The highest BCUT2D eigenvalue weighted by atomic mass is 15.2. The molecule has 2 aliphatic rings. The molecule has 1 atom stereocenters. The molecule has 0 spiro atoms. The summed E-state index contributed by atoms with van der Waals surface area (Å²) in [6.45, 7) is 7.94. The Balaban J connectivity index is 1.79. The van der Waals surface area contributed by atoms with E-state index in [1.807, 2.05) is 0 Å². The van der Waals surface area contributed by atoms with E-state index in [1.165, 1.54) is 32.1 Å². The molecule has 17 heavy (non-hydrogen) atoms. The van der Waals surface area contributed by atoms with Gasteiger partial charge in [0.15, 0.2) is 0 Å². The first-order chi connectivity index (χ1) is 8.09. The van der Waals surface area contributed by atoms with Crippen molar-refractivity contribution >= 4 is 0 Å². The summed E-state index contributed by atoms with van der Waals surface area (Å²) >= 11 is 0. The Labute approximate surface area is 105 Å². The lowest BCUT2D eigenvalue weighted by Gasteiger charge is -2.25. The van der Waals surface area contributed by atoms with Gasteiger partial charge in [-0.3, -0.25) is 5.32 Å². The maximum atomic E-state index is 9.17. The van der Waals surface area contributed by atoms with E-state index in [1.54, 1.807) is 0 Å². The normalized spacial score (nSPS) is 27.1. The van der Waals surface area contributed by atoms with Gasteiger partial charge in [0.1, 0.15) is 6.04 Å².